The molecule has 2 N–H and O–H groups in total. The first-order valence-corrected chi connectivity index (χ1v) is 7.04. The molecule has 0 radical (unpaired) electrons. The number of hydrogen-bond donors (Lipinski definition) is 2. The van der Waals surface area contributed by atoms with Gasteiger partial charge >= 0.3 is 0 Å². The van der Waals surface area contributed by atoms with Gasteiger partial charge in [0.05, 0.1) is 5.69 Å². The van der Waals surface area contributed by atoms with E-state index in [0.717, 1.165) is 47.9 Å². The number of aromatic amines is 1. The minimum atomic E-state index is 0.446. The van der Waals surface area contributed by atoms with Gasteiger partial charge in [-0.25, -0.2) is 9.50 Å². The summed E-state index contributed by atoms with van der Waals surface area (Å²) >= 11 is 0. The molecule has 0 saturated heterocycles. The van der Waals surface area contributed by atoms with Crippen LogP contribution in [0.1, 0.15) is 37.3 Å². The lowest BCUT2D eigenvalue weighted by atomic mass is 9.80. The van der Waals surface area contributed by atoms with Crippen LogP contribution in [0.25, 0.3) is 16.6 Å². The fraction of sp³-hybridized carbons (Fsp3) is 0.429. The predicted octanol–water partition coefficient (Wildman–Crippen LogP) is 2.53. The van der Waals surface area contributed by atoms with Crippen LogP contribution in [0.4, 0.5) is 0 Å². The lowest BCUT2D eigenvalue weighted by Crippen LogP contribution is -2.14. The largest absolute Gasteiger partial charge is 0.346 e. The maximum absolute atomic E-state index is 7.39. The van der Waals surface area contributed by atoms with Crippen molar-refractivity contribution in [3.8, 4) is 0 Å². The molecule has 0 aromatic carbocycles. The maximum atomic E-state index is 7.39. The van der Waals surface area contributed by atoms with Crippen molar-refractivity contribution in [2.75, 3.05) is 0 Å². The predicted molar refractivity (Wildman–Crippen MR) is 76.1 cm³/mol. The topological polar surface area (TPSA) is 82.7 Å². The van der Waals surface area contributed by atoms with E-state index in [2.05, 4.69) is 20.3 Å². The van der Waals surface area contributed by atoms with E-state index in [1.165, 1.54) is 0 Å². The number of nitrogens with one attached hydrogen (secondary N) is 2. The van der Waals surface area contributed by atoms with Crippen LogP contribution in [0, 0.1) is 11.3 Å². The molecule has 1 fully saturated rings. The lowest BCUT2D eigenvalue weighted by molar-refractivity contribution is 0.392. The number of aromatic nitrogens is 5. The van der Waals surface area contributed by atoms with Gasteiger partial charge in [-0.2, -0.15) is 0 Å². The zero-order valence-corrected chi connectivity index (χ0v) is 11.1. The molecule has 3 aromatic heterocycles. The van der Waals surface area contributed by atoms with Gasteiger partial charge in [-0.3, -0.25) is 0 Å². The Bertz CT molecular complexity index is 762. The molecule has 1 aliphatic carbocycles. The Morgan fingerprint density at radius 1 is 1.30 bits per heavy atom. The molecule has 3 aromatic rings. The normalized spacial score (nSPS) is 23.4. The van der Waals surface area contributed by atoms with Gasteiger partial charge in [0.25, 0.3) is 0 Å². The van der Waals surface area contributed by atoms with Crippen LogP contribution in [0.5, 0.6) is 0 Å². The minimum absolute atomic E-state index is 0.446. The molecular formula is C14H16N6. The van der Waals surface area contributed by atoms with Crippen LogP contribution in [0.3, 0.4) is 0 Å². The van der Waals surface area contributed by atoms with Crippen molar-refractivity contribution >= 4 is 22.8 Å². The Labute approximate surface area is 115 Å². The summed E-state index contributed by atoms with van der Waals surface area (Å²) < 4.78 is 1.77. The molecule has 1 saturated carbocycles. The molecule has 20 heavy (non-hydrogen) atoms. The zero-order valence-electron chi connectivity index (χ0n) is 11.1. The van der Waals surface area contributed by atoms with Gasteiger partial charge in [-0.05, 0) is 43.9 Å². The fourth-order valence-electron chi connectivity index (χ4n) is 3.25. The van der Waals surface area contributed by atoms with Gasteiger partial charge < -0.3 is 10.4 Å². The summed E-state index contributed by atoms with van der Waals surface area (Å²) in [5.74, 6) is 0.895. The molecule has 4 rings (SSSR count). The monoisotopic (exact) mass is 268 g/mol. The average molecular weight is 268 g/mol. The summed E-state index contributed by atoms with van der Waals surface area (Å²) in [7, 11) is 0. The Hall–Kier alpha value is -2.24. The summed E-state index contributed by atoms with van der Waals surface area (Å²) in [6.07, 6.45) is 9.54. The molecule has 0 bridgehead atoms. The van der Waals surface area contributed by atoms with Crippen molar-refractivity contribution in [2.24, 2.45) is 5.92 Å². The van der Waals surface area contributed by atoms with E-state index < -0.39 is 0 Å². The van der Waals surface area contributed by atoms with Crippen molar-refractivity contribution < 1.29 is 0 Å². The second kappa shape index (κ2) is 4.40. The van der Waals surface area contributed by atoms with E-state index in [0.29, 0.717) is 11.8 Å². The van der Waals surface area contributed by atoms with Gasteiger partial charge in [0.15, 0.2) is 0 Å². The number of hydrogen-bond acceptors (Lipinski definition) is 4. The molecule has 0 amide bonds. The first kappa shape index (κ1) is 11.6. The van der Waals surface area contributed by atoms with Crippen LogP contribution in [-0.2, 0) is 0 Å². The molecule has 0 atom stereocenters. The lowest BCUT2D eigenvalue weighted by Gasteiger charge is -2.24. The Balaban J connectivity index is 1.80. The molecular weight excluding hydrogens is 252 g/mol. The van der Waals surface area contributed by atoms with E-state index in [4.69, 9.17) is 5.41 Å². The smallest absolute Gasteiger partial charge is 0.141 e. The summed E-state index contributed by atoms with van der Waals surface area (Å²) in [5, 5.41) is 17.1. The summed E-state index contributed by atoms with van der Waals surface area (Å²) in [6, 6.07) is 2.04. The Morgan fingerprint density at radius 3 is 2.95 bits per heavy atom. The van der Waals surface area contributed by atoms with Crippen molar-refractivity contribution in [2.45, 2.75) is 31.6 Å². The molecule has 1 aliphatic rings. The first-order chi connectivity index (χ1) is 9.86. The number of H-pyrrole nitrogens is 1. The van der Waals surface area contributed by atoms with Gasteiger partial charge in [0.2, 0.25) is 0 Å². The molecule has 0 unspecified atom stereocenters. The maximum Gasteiger partial charge on any atom is 0.141 e. The van der Waals surface area contributed by atoms with Gasteiger partial charge in [0, 0.05) is 17.5 Å². The third-order valence-electron chi connectivity index (χ3n) is 4.39. The highest BCUT2D eigenvalue weighted by Crippen LogP contribution is 2.36. The molecule has 0 spiro atoms. The van der Waals surface area contributed by atoms with Crippen LogP contribution in [-0.4, -0.2) is 31.0 Å². The molecule has 6 heteroatoms. The van der Waals surface area contributed by atoms with E-state index in [-0.39, 0.29) is 0 Å². The summed E-state index contributed by atoms with van der Waals surface area (Å²) in [5.41, 5.74) is 3.05. The second-order valence-corrected chi connectivity index (χ2v) is 5.53. The van der Waals surface area contributed by atoms with Crippen LogP contribution in [0.15, 0.2) is 18.6 Å². The van der Waals surface area contributed by atoms with Crippen molar-refractivity contribution in [3.05, 3.63) is 24.3 Å². The SMILES string of the molecule is N=CC1CCC(c2nnn3cnc4[nH]ccc4c23)CC1. The van der Waals surface area contributed by atoms with E-state index in [1.54, 1.807) is 17.1 Å². The molecule has 102 valence electrons. The third-order valence-corrected chi connectivity index (χ3v) is 4.39. The highest BCUT2D eigenvalue weighted by atomic mass is 15.4. The zero-order chi connectivity index (χ0) is 13.5. The Morgan fingerprint density at radius 2 is 2.15 bits per heavy atom. The van der Waals surface area contributed by atoms with Crippen molar-refractivity contribution in [3.63, 3.8) is 0 Å². The highest BCUT2D eigenvalue weighted by Gasteiger charge is 2.25. The van der Waals surface area contributed by atoms with E-state index in [9.17, 15) is 0 Å². The summed E-state index contributed by atoms with van der Waals surface area (Å²) in [6.45, 7) is 0. The molecule has 0 aliphatic heterocycles. The first-order valence-electron chi connectivity index (χ1n) is 7.04. The second-order valence-electron chi connectivity index (χ2n) is 5.53. The number of nitrogens with zero attached hydrogens (tertiary/aromatic N) is 4. The number of rotatable bonds is 2. The molecule has 3 heterocycles. The summed E-state index contributed by atoms with van der Waals surface area (Å²) in [4.78, 5) is 7.47. The third kappa shape index (κ3) is 1.64. The average Bonchev–Trinajstić information content (AvgIpc) is 3.13. The Kier molecular flexibility index (Phi) is 2.55. The highest BCUT2D eigenvalue weighted by molar-refractivity contribution is 5.92. The van der Waals surface area contributed by atoms with Crippen molar-refractivity contribution in [1.29, 1.82) is 5.41 Å². The molecule has 6 nitrogen and oxygen atoms in total. The van der Waals surface area contributed by atoms with Crippen LogP contribution >= 0.6 is 0 Å². The van der Waals surface area contributed by atoms with E-state index in [1.807, 2.05) is 12.3 Å². The van der Waals surface area contributed by atoms with Crippen molar-refractivity contribution in [1.82, 2.24) is 24.8 Å². The van der Waals surface area contributed by atoms with Gasteiger partial charge in [-0.15, -0.1) is 5.10 Å². The standard InChI is InChI=1S/C14H16N6/c15-7-9-1-3-10(4-2-9)12-13-11-5-6-16-14(11)17-8-20(13)19-18-12/h5-10,15-16H,1-4H2. The quantitative estimate of drug-likeness (QED) is 0.700. The van der Waals surface area contributed by atoms with Gasteiger partial charge in [0.1, 0.15) is 17.5 Å². The number of fused-ring (bicyclic) bond motifs is 3. The minimum Gasteiger partial charge on any atom is -0.346 e. The fourth-order valence-corrected chi connectivity index (χ4v) is 3.25. The van der Waals surface area contributed by atoms with Crippen LogP contribution in [0.2, 0.25) is 0 Å². The van der Waals surface area contributed by atoms with E-state index >= 15 is 0 Å². The van der Waals surface area contributed by atoms with Gasteiger partial charge in [-0.1, -0.05) is 5.21 Å². The van der Waals surface area contributed by atoms with Crippen LogP contribution < -0.4 is 0 Å².